The van der Waals surface area contributed by atoms with Gasteiger partial charge in [-0.15, -0.1) is 0 Å². The summed E-state index contributed by atoms with van der Waals surface area (Å²) in [6, 6.07) is 3.20. The van der Waals surface area contributed by atoms with E-state index in [9.17, 15) is 14.4 Å². The van der Waals surface area contributed by atoms with Gasteiger partial charge in [0.25, 0.3) is 0 Å². The maximum Gasteiger partial charge on any atom is 0.242 e. The fourth-order valence-electron chi connectivity index (χ4n) is 1.80. The van der Waals surface area contributed by atoms with Crippen molar-refractivity contribution >= 4 is 38.5 Å². The summed E-state index contributed by atoms with van der Waals surface area (Å²) in [6.07, 6.45) is 2.72. The van der Waals surface area contributed by atoms with Gasteiger partial charge < -0.3 is 22.1 Å². The first-order valence-electron chi connectivity index (χ1n) is 8.21. The lowest BCUT2D eigenvalue weighted by Gasteiger charge is -2.19. The van der Waals surface area contributed by atoms with E-state index in [2.05, 4.69) is 15.6 Å². The second-order valence-corrected chi connectivity index (χ2v) is 7.81. The second kappa shape index (κ2) is 11.9. The standard InChI is InChI=1S/C16H25N5O3S2/c1-10(20-15(23)12(18)6-5-8-17)14(22)21-11(2)16(24)26-25-13-7-3-4-9-19-13/h3-4,7,9-12H,5-6,8,17-18H2,1-2H3,(H,20,23)(H,21,22)/t10-,11-,12-/m0/s1. The number of hydrogen-bond acceptors (Lipinski definition) is 8. The Balaban J connectivity index is 2.39. The maximum absolute atomic E-state index is 12.1. The first kappa shape index (κ1) is 22.4. The van der Waals surface area contributed by atoms with Gasteiger partial charge in [0.2, 0.25) is 16.9 Å². The van der Waals surface area contributed by atoms with Gasteiger partial charge >= 0.3 is 0 Å². The SMILES string of the molecule is C[C@H](NC(=O)[C@@H](N)CCCN)C(=O)N[C@@H](C)C(=O)SSc1ccccn1. The monoisotopic (exact) mass is 399 g/mol. The Bertz CT molecular complexity index is 603. The van der Waals surface area contributed by atoms with Crippen LogP contribution >= 0.6 is 21.6 Å². The third kappa shape index (κ3) is 8.17. The van der Waals surface area contributed by atoms with Crippen molar-refractivity contribution in [3.05, 3.63) is 24.4 Å². The molecular formula is C16H25N5O3S2. The molecule has 1 rings (SSSR count). The molecule has 6 N–H and O–H groups in total. The van der Waals surface area contributed by atoms with E-state index in [1.165, 1.54) is 17.7 Å². The first-order chi connectivity index (χ1) is 12.3. The number of carbonyl (C=O) groups excluding carboxylic acids is 3. The molecule has 0 fully saturated rings. The summed E-state index contributed by atoms with van der Waals surface area (Å²) in [6.45, 7) is 3.58. The average Bonchev–Trinajstić information content (AvgIpc) is 2.64. The highest BCUT2D eigenvalue weighted by molar-refractivity contribution is 8.82. The van der Waals surface area contributed by atoms with Gasteiger partial charge in [-0.1, -0.05) is 6.07 Å². The quantitative estimate of drug-likeness (QED) is 0.415. The highest BCUT2D eigenvalue weighted by atomic mass is 33.1. The van der Waals surface area contributed by atoms with E-state index < -0.39 is 29.9 Å². The minimum atomic E-state index is -0.796. The van der Waals surface area contributed by atoms with Gasteiger partial charge in [0, 0.05) is 6.20 Å². The van der Waals surface area contributed by atoms with Gasteiger partial charge in [0.05, 0.1) is 12.1 Å². The van der Waals surface area contributed by atoms with Crippen molar-refractivity contribution in [1.82, 2.24) is 15.6 Å². The molecule has 1 aromatic heterocycles. The number of nitrogens with two attached hydrogens (primary N) is 2. The van der Waals surface area contributed by atoms with Crippen LogP contribution in [0.25, 0.3) is 0 Å². The normalized spacial score (nSPS) is 14.2. The lowest BCUT2D eigenvalue weighted by atomic mass is 10.1. The lowest BCUT2D eigenvalue weighted by molar-refractivity contribution is -0.130. The number of carbonyl (C=O) groups is 3. The van der Waals surface area contributed by atoms with Gasteiger partial charge in [-0.05, 0) is 67.0 Å². The summed E-state index contributed by atoms with van der Waals surface area (Å²) in [5.74, 6) is -0.867. The summed E-state index contributed by atoms with van der Waals surface area (Å²) in [5, 5.41) is 5.61. The fourth-order valence-corrected chi connectivity index (χ4v) is 3.64. The Labute approximate surface area is 161 Å². The van der Waals surface area contributed by atoms with Crippen molar-refractivity contribution < 1.29 is 14.4 Å². The van der Waals surface area contributed by atoms with Crippen molar-refractivity contribution in [3.63, 3.8) is 0 Å². The zero-order valence-electron chi connectivity index (χ0n) is 14.8. The summed E-state index contributed by atoms with van der Waals surface area (Å²) in [7, 11) is 2.22. The Hall–Kier alpha value is -1.62. The molecule has 144 valence electrons. The van der Waals surface area contributed by atoms with Crippen LogP contribution in [0.4, 0.5) is 0 Å². The maximum atomic E-state index is 12.1. The zero-order valence-corrected chi connectivity index (χ0v) is 16.4. The highest BCUT2D eigenvalue weighted by Crippen LogP contribution is 2.30. The van der Waals surface area contributed by atoms with Crippen LogP contribution in [0.5, 0.6) is 0 Å². The van der Waals surface area contributed by atoms with Crippen LogP contribution in [0, 0.1) is 0 Å². The summed E-state index contributed by atoms with van der Waals surface area (Å²) >= 11 is 0. The van der Waals surface area contributed by atoms with Gasteiger partial charge in [-0.2, -0.15) is 0 Å². The van der Waals surface area contributed by atoms with E-state index in [0.717, 1.165) is 10.8 Å². The Morgan fingerprint density at radius 3 is 2.46 bits per heavy atom. The molecular weight excluding hydrogens is 374 g/mol. The second-order valence-electron chi connectivity index (χ2n) is 5.65. The van der Waals surface area contributed by atoms with E-state index >= 15 is 0 Å². The molecule has 0 saturated heterocycles. The Morgan fingerprint density at radius 1 is 1.15 bits per heavy atom. The van der Waals surface area contributed by atoms with Crippen molar-refractivity contribution in [2.75, 3.05) is 6.54 Å². The van der Waals surface area contributed by atoms with E-state index in [1.54, 1.807) is 25.3 Å². The predicted octanol–water partition coefficient (Wildman–Crippen LogP) is 0.424. The number of amides is 2. The van der Waals surface area contributed by atoms with E-state index in [1.807, 2.05) is 6.07 Å². The predicted molar refractivity (Wildman–Crippen MR) is 104 cm³/mol. The summed E-state index contributed by atoms with van der Waals surface area (Å²) in [5.41, 5.74) is 11.1. The molecule has 0 aliphatic rings. The van der Waals surface area contributed by atoms with Crippen molar-refractivity contribution in [2.24, 2.45) is 11.5 Å². The topological polar surface area (TPSA) is 140 Å². The third-order valence-corrected chi connectivity index (χ3v) is 5.64. The molecule has 1 aromatic rings. The van der Waals surface area contributed by atoms with E-state index in [0.29, 0.717) is 24.4 Å². The molecule has 8 nitrogen and oxygen atoms in total. The minimum Gasteiger partial charge on any atom is -0.344 e. The van der Waals surface area contributed by atoms with E-state index in [4.69, 9.17) is 11.5 Å². The van der Waals surface area contributed by atoms with Crippen LogP contribution in [0.1, 0.15) is 26.7 Å². The van der Waals surface area contributed by atoms with Crippen LogP contribution in [0.15, 0.2) is 29.4 Å². The molecule has 1 heterocycles. The first-order valence-corrected chi connectivity index (χ1v) is 10.4. The summed E-state index contributed by atoms with van der Waals surface area (Å²) in [4.78, 5) is 40.3. The number of hydrogen-bond donors (Lipinski definition) is 4. The Kier molecular flexibility index (Phi) is 10.3. The van der Waals surface area contributed by atoms with Crippen LogP contribution < -0.4 is 22.1 Å². The highest BCUT2D eigenvalue weighted by Gasteiger charge is 2.23. The number of aromatic nitrogens is 1. The Morgan fingerprint density at radius 2 is 1.85 bits per heavy atom. The molecule has 0 aliphatic carbocycles. The molecule has 0 radical (unpaired) electrons. The van der Waals surface area contributed by atoms with Crippen molar-refractivity contribution in [1.29, 1.82) is 0 Å². The van der Waals surface area contributed by atoms with Crippen molar-refractivity contribution in [2.45, 2.75) is 49.8 Å². The molecule has 0 bridgehead atoms. The van der Waals surface area contributed by atoms with Crippen LogP contribution in [0.2, 0.25) is 0 Å². The minimum absolute atomic E-state index is 0.216. The largest absolute Gasteiger partial charge is 0.344 e. The fraction of sp³-hybridized carbons (Fsp3) is 0.500. The third-order valence-electron chi connectivity index (χ3n) is 3.37. The lowest BCUT2D eigenvalue weighted by Crippen LogP contribution is -2.52. The number of rotatable bonds is 10. The summed E-state index contributed by atoms with van der Waals surface area (Å²) < 4.78 is 0. The van der Waals surface area contributed by atoms with Gasteiger partial charge in [-0.3, -0.25) is 14.4 Å². The molecule has 3 atom stereocenters. The molecule has 0 spiro atoms. The molecule has 0 saturated carbocycles. The number of pyridine rings is 1. The zero-order chi connectivity index (χ0) is 19.5. The molecule has 0 aliphatic heterocycles. The smallest absolute Gasteiger partial charge is 0.242 e. The molecule has 10 heteroatoms. The molecule has 0 aromatic carbocycles. The van der Waals surface area contributed by atoms with Crippen LogP contribution in [-0.2, 0) is 14.4 Å². The van der Waals surface area contributed by atoms with Crippen LogP contribution in [-0.4, -0.2) is 46.6 Å². The average molecular weight is 400 g/mol. The van der Waals surface area contributed by atoms with Gasteiger partial charge in [-0.25, -0.2) is 4.98 Å². The van der Waals surface area contributed by atoms with E-state index in [-0.39, 0.29) is 5.12 Å². The van der Waals surface area contributed by atoms with Crippen LogP contribution in [0.3, 0.4) is 0 Å². The molecule has 26 heavy (non-hydrogen) atoms. The number of nitrogens with one attached hydrogen (secondary N) is 2. The molecule has 0 unspecified atom stereocenters. The van der Waals surface area contributed by atoms with Crippen molar-refractivity contribution in [3.8, 4) is 0 Å². The molecule has 2 amide bonds. The van der Waals surface area contributed by atoms with Gasteiger partial charge in [0.1, 0.15) is 11.1 Å². The van der Waals surface area contributed by atoms with Gasteiger partial charge in [0.15, 0.2) is 0 Å². The number of nitrogens with zero attached hydrogens (tertiary/aromatic N) is 1.